The zero-order valence-corrected chi connectivity index (χ0v) is 15.5. The molecule has 2 heterocycles. The van der Waals surface area contributed by atoms with Crippen LogP contribution < -0.4 is 5.32 Å². The molecule has 0 fully saturated rings. The third-order valence-electron chi connectivity index (χ3n) is 4.50. The molecular formula is C22H21N3S. The normalized spacial score (nSPS) is 12.2. The zero-order chi connectivity index (χ0) is 17.8. The summed E-state index contributed by atoms with van der Waals surface area (Å²) in [4.78, 5) is 6.77. The number of nitrogens with zero attached hydrogens (tertiary/aromatic N) is 2. The number of aromatic nitrogens is 2. The first-order chi connectivity index (χ1) is 12.8. The lowest BCUT2D eigenvalue weighted by Crippen LogP contribution is -2.17. The summed E-state index contributed by atoms with van der Waals surface area (Å²) in [6.07, 6.45) is 5.57. The maximum absolute atomic E-state index is 4.09. The van der Waals surface area contributed by atoms with Crippen LogP contribution in [0.3, 0.4) is 0 Å². The van der Waals surface area contributed by atoms with Gasteiger partial charge in [0.15, 0.2) is 0 Å². The maximum Gasteiger partial charge on any atom is 0.0991 e. The molecule has 0 spiro atoms. The summed E-state index contributed by atoms with van der Waals surface area (Å²) in [5.41, 5.74) is 3.70. The van der Waals surface area contributed by atoms with Crippen molar-refractivity contribution in [2.75, 3.05) is 0 Å². The molecule has 1 N–H and O–H groups in total. The lowest BCUT2D eigenvalue weighted by Gasteiger charge is -2.14. The summed E-state index contributed by atoms with van der Waals surface area (Å²) < 4.78 is 2.01. The monoisotopic (exact) mass is 359 g/mol. The molecule has 0 amide bonds. The smallest absolute Gasteiger partial charge is 0.0991 e. The van der Waals surface area contributed by atoms with Crippen LogP contribution >= 0.6 is 11.3 Å². The van der Waals surface area contributed by atoms with Crippen molar-refractivity contribution in [3.05, 3.63) is 95.9 Å². The average Bonchev–Trinajstić information content (AvgIpc) is 3.39. The summed E-state index contributed by atoms with van der Waals surface area (Å²) >= 11 is 1.85. The predicted octanol–water partition coefficient (Wildman–Crippen LogP) is 5.45. The lowest BCUT2D eigenvalue weighted by atomic mass is 10.1. The van der Waals surface area contributed by atoms with Gasteiger partial charge >= 0.3 is 0 Å². The molecule has 0 aliphatic carbocycles. The second kappa shape index (κ2) is 7.68. The van der Waals surface area contributed by atoms with E-state index in [9.17, 15) is 0 Å². The van der Waals surface area contributed by atoms with Crippen LogP contribution in [0.25, 0.3) is 16.1 Å². The highest BCUT2D eigenvalue weighted by molar-refractivity contribution is 7.15. The molecule has 2 aromatic carbocycles. The van der Waals surface area contributed by atoms with E-state index in [-0.39, 0.29) is 0 Å². The highest BCUT2D eigenvalue weighted by Crippen LogP contribution is 2.28. The van der Waals surface area contributed by atoms with Crippen LogP contribution in [-0.2, 0) is 6.54 Å². The molecule has 4 aromatic rings. The molecule has 4 heteroatoms. The third kappa shape index (κ3) is 3.77. The number of thiophene rings is 1. The first-order valence-electron chi connectivity index (χ1n) is 8.75. The summed E-state index contributed by atoms with van der Waals surface area (Å²) in [6.45, 7) is 3.08. The largest absolute Gasteiger partial charge is 0.306 e. The number of rotatable bonds is 6. The van der Waals surface area contributed by atoms with Gasteiger partial charge in [-0.3, -0.25) is 0 Å². The summed E-state index contributed by atoms with van der Waals surface area (Å²) in [6, 6.07) is 23.9. The molecule has 26 heavy (non-hydrogen) atoms. The van der Waals surface area contributed by atoms with E-state index in [1.54, 1.807) is 6.20 Å². The molecule has 3 nitrogen and oxygen atoms in total. The molecule has 0 saturated heterocycles. The second-order valence-electron chi connectivity index (χ2n) is 6.30. The Hall–Kier alpha value is -2.69. The quantitative estimate of drug-likeness (QED) is 0.496. The topological polar surface area (TPSA) is 29.9 Å². The lowest BCUT2D eigenvalue weighted by molar-refractivity contribution is 0.579. The van der Waals surface area contributed by atoms with Gasteiger partial charge in [-0.2, -0.15) is 0 Å². The SMILES string of the molecule is C[C@@H](NCc1ccc(-c2ccccc2)s1)c1ccc(-n2ccnc2)cc1. The van der Waals surface area contributed by atoms with E-state index in [4.69, 9.17) is 0 Å². The molecule has 0 saturated carbocycles. The van der Waals surface area contributed by atoms with E-state index < -0.39 is 0 Å². The minimum atomic E-state index is 0.300. The second-order valence-corrected chi connectivity index (χ2v) is 7.46. The van der Waals surface area contributed by atoms with E-state index in [1.807, 2.05) is 28.4 Å². The van der Waals surface area contributed by atoms with Gasteiger partial charge in [0.25, 0.3) is 0 Å². The molecular weight excluding hydrogens is 338 g/mol. The molecule has 0 bridgehead atoms. The third-order valence-corrected chi connectivity index (χ3v) is 5.63. The van der Waals surface area contributed by atoms with Gasteiger partial charge in [0, 0.05) is 40.4 Å². The fourth-order valence-corrected chi connectivity index (χ4v) is 3.91. The number of nitrogens with one attached hydrogen (secondary N) is 1. The summed E-state index contributed by atoms with van der Waals surface area (Å²) in [5.74, 6) is 0. The molecule has 0 aliphatic rings. The van der Waals surface area contributed by atoms with E-state index in [0.29, 0.717) is 6.04 Å². The van der Waals surface area contributed by atoms with Gasteiger partial charge in [-0.25, -0.2) is 4.98 Å². The van der Waals surface area contributed by atoms with Crippen molar-refractivity contribution in [1.82, 2.24) is 14.9 Å². The van der Waals surface area contributed by atoms with Gasteiger partial charge in [-0.1, -0.05) is 42.5 Å². The molecule has 1 atom stereocenters. The Morgan fingerprint density at radius 2 is 1.81 bits per heavy atom. The highest BCUT2D eigenvalue weighted by atomic mass is 32.1. The van der Waals surface area contributed by atoms with E-state index in [0.717, 1.165) is 12.2 Å². The van der Waals surface area contributed by atoms with Crippen molar-refractivity contribution < 1.29 is 0 Å². The molecule has 0 unspecified atom stereocenters. The molecule has 4 rings (SSSR count). The minimum absolute atomic E-state index is 0.300. The Bertz CT molecular complexity index is 941. The van der Waals surface area contributed by atoms with E-state index in [1.165, 1.54) is 20.9 Å². The van der Waals surface area contributed by atoms with Gasteiger partial charge in [0.2, 0.25) is 0 Å². The molecule has 2 aromatic heterocycles. The summed E-state index contributed by atoms with van der Waals surface area (Å²) in [7, 11) is 0. The van der Waals surface area contributed by atoms with Crippen LogP contribution in [0.4, 0.5) is 0 Å². The Morgan fingerprint density at radius 3 is 2.54 bits per heavy atom. The van der Waals surface area contributed by atoms with Crippen LogP contribution in [0.15, 0.2) is 85.5 Å². The van der Waals surface area contributed by atoms with Gasteiger partial charge in [0.05, 0.1) is 6.33 Å². The fraction of sp³-hybridized carbons (Fsp3) is 0.136. The predicted molar refractivity (Wildman–Crippen MR) is 109 cm³/mol. The van der Waals surface area contributed by atoms with Crippen molar-refractivity contribution in [1.29, 1.82) is 0 Å². The summed E-state index contributed by atoms with van der Waals surface area (Å²) in [5, 5.41) is 3.63. The molecule has 0 aliphatic heterocycles. The van der Waals surface area contributed by atoms with Crippen molar-refractivity contribution in [2.24, 2.45) is 0 Å². The Labute approximate surface area is 158 Å². The number of benzene rings is 2. The maximum atomic E-state index is 4.09. The van der Waals surface area contributed by atoms with E-state index in [2.05, 4.69) is 84.0 Å². The zero-order valence-electron chi connectivity index (χ0n) is 14.7. The van der Waals surface area contributed by atoms with Gasteiger partial charge < -0.3 is 9.88 Å². The van der Waals surface area contributed by atoms with Crippen LogP contribution in [0.2, 0.25) is 0 Å². The van der Waals surface area contributed by atoms with Crippen LogP contribution in [0, 0.1) is 0 Å². The van der Waals surface area contributed by atoms with Crippen molar-refractivity contribution >= 4 is 11.3 Å². The van der Waals surface area contributed by atoms with Gasteiger partial charge in [-0.05, 0) is 42.3 Å². The molecule has 0 radical (unpaired) electrons. The fourth-order valence-electron chi connectivity index (χ4n) is 2.95. The minimum Gasteiger partial charge on any atom is -0.306 e. The number of imidazole rings is 1. The van der Waals surface area contributed by atoms with Crippen LogP contribution in [0.5, 0.6) is 0 Å². The van der Waals surface area contributed by atoms with E-state index >= 15 is 0 Å². The Morgan fingerprint density at radius 1 is 1.00 bits per heavy atom. The highest BCUT2D eigenvalue weighted by Gasteiger charge is 2.07. The van der Waals surface area contributed by atoms with Crippen molar-refractivity contribution in [3.8, 4) is 16.1 Å². The first-order valence-corrected chi connectivity index (χ1v) is 9.57. The van der Waals surface area contributed by atoms with Gasteiger partial charge in [-0.15, -0.1) is 11.3 Å². The van der Waals surface area contributed by atoms with Crippen LogP contribution in [0.1, 0.15) is 23.4 Å². The number of hydrogen-bond acceptors (Lipinski definition) is 3. The van der Waals surface area contributed by atoms with Gasteiger partial charge in [0.1, 0.15) is 0 Å². The first kappa shape index (κ1) is 16.8. The molecule has 130 valence electrons. The van der Waals surface area contributed by atoms with Crippen molar-refractivity contribution in [3.63, 3.8) is 0 Å². The average molecular weight is 359 g/mol. The van der Waals surface area contributed by atoms with Crippen LogP contribution in [-0.4, -0.2) is 9.55 Å². The standard InChI is InChI=1S/C22H21N3S/c1-17(18-7-9-20(10-8-18)25-14-13-23-16-25)24-15-21-11-12-22(26-21)19-5-3-2-4-6-19/h2-14,16-17,24H,15H2,1H3/t17-/m1/s1. The van der Waals surface area contributed by atoms with Crippen molar-refractivity contribution in [2.45, 2.75) is 19.5 Å². The number of hydrogen-bond donors (Lipinski definition) is 1. The Balaban J connectivity index is 1.38. The Kier molecular flexibility index (Phi) is 4.95.